The molecule has 0 amide bonds. The first-order chi connectivity index (χ1) is 8.62. The summed E-state index contributed by atoms with van der Waals surface area (Å²) in [5.41, 5.74) is 5.64. The second-order valence-electron chi connectivity index (χ2n) is 6.87. The molecule has 1 aliphatic heterocycles. The number of rotatable bonds is 1. The molecule has 1 saturated heterocycles. The summed E-state index contributed by atoms with van der Waals surface area (Å²) < 4.78 is 6.08. The topological polar surface area (TPSA) is 55.5 Å². The van der Waals surface area contributed by atoms with Gasteiger partial charge in [0, 0.05) is 12.6 Å². The highest BCUT2D eigenvalue weighted by molar-refractivity contribution is 4.99. The van der Waals surface area contributed by atoms with E-state index in [0.717, 1.165) is 45.1 Å². The zero-order chi connectivity index (χ0) is 12.6. The van der Waals surface area contributed by atoms with Crippen LogP contribution in [0.3, 0.4) is 0 Å². The van der Waals surface area contributed by atoms with E-state index in [2.05, 4.69) is 0 Å². The van der Waals surface area contributed by atoms with E-state index in [1.807, 2.05) is 0 Å². The minimum Gasteiger partial charge on any atom is -0.390 e. The second kappa shape index (κ2) is 4.77. The Balaban J connectivity index is 1.68. The fourth-order valence-corrected chi connectivity index (χ4v) is 4.40. The molecule has 0 aromatic carbocycles. The number of nitrogens with two attached hydrogens (primary N) is 1. The largest absolute Gasteiger partial charge is 0.390 e. The monoisotopic (exact) mass is 253 g/mol. The lowest BCUT2D eigenvalue weighted by Crippen LogP contribution is -2.50. The van der Waals surface area contributed by atoms with Gasteiger partial charge in [-0.25, -0.2) is 0 Å². The third-order valence-electron chi connectivity index (χ3n) is 5.66. The standard InChI is InChI=1S/C15H27NO2/c16-13-3-8-15(17,9-4-13)12-5-10-18-14(11-12)6-1-2-7-14/h12-13,17H,1-11,16H2. The van der Waals surface area contributed by atoms with Gasteiger partial charge >= 0.3 is 0 Å². The van der Waals surface area contributed by atoms with Crippen LogP contribution in [-0.4, -0.2) is 29.0 Å². The van der Waals surface area contributed by atoms with Crippen molar-refractivity contribution < 1.29 is 9.84 Å². The number of hydrogen-bond donors (Lipinski definition) is 2. The summed E-state index contributed by atoms with van der Waals surface area (Å²) >= 11 is 0. The molecule has 3 fully saturated rings. The van der Waals surface area contributed by atoms with E-state index in [4.69, 9.17) is 10.5 Å². The highest BCUT2D eigenvalue weighted by atomic mass is 16.5. The van der Waals surface area contributed by atoms with Gasteiger partial charge in [-0.3, -0.25) is 0 Å². The first-order valence-electron chi connectivity index (χ1n) is 7.74. The average molecular weight is 253 g/mol. The van der Waals surface area contributed by atoms with E-state index < -0.39 is 5.60 Å². The van der Waals surface area contributed by atoms with Gasteiger partial charge in [0.1, 0.15) is 0 Å². The normalized spacial score (nSPS) is 44.3. The Labute approximate surface area is 110 Å². The molecule has 3 aliphatic rings. The Kier molecular flexibility index (Phi) is 3.41. The molecule has 18 heavy (non-hydrogen) atoms. The molecule has 2 aliphatic carbocycles. The molecule has 3 N–H and O–H groups in total. The van der Waals surface area contributed by atoms with E-state index in [-0.39, 0.29) is 5.60 Å². The van der Waals surface area contributed by atoms with Crippen molar-refractivity contribution in [3.05, 3.63) is 0 Å². The smallest absolute Gasteiger partial charge is 0.0686 e. The van der Waals surface area contributed by atoms with Gasteiger partial charge in [-0.1, -0.05) is 12.8 Å². The van der Waals surface area contributed by atoms with Crippen LogP contribution in [-0.2, 0) is 4.74 Å². The zero-order valence-electron chi connectivity index (χ0n) is 11.4. The number of hydrogen-bond acceptors (Lipinski definition) is 3. The molecule has 1 atom stereocenters. The van der Waals surface area contributed by atoms with Gasteiger partial charge < -0.3 is 15.6 Å². The Hall–Kier alpha value is -0.120. The molecule has 1 unspecified atom stereocenters. The molecule has 0 aromatic rings. The predicted octanol–water partition coefficient (Wildman–Crippen LogP) is 2.36. The summed E-state index contributed by atoms with van der Waals surface area (Å²) in [7, 11) is 0. The van der Waals surface area contributed by atoms with E-state index in [0.29, 0.717) is 12.0 Å². The summed E-state index contributed by atoms with van der Waals surface area (Å²) in [6, 6.07) is 0.311. The quantitative estimate of drug-likeness (QED) is 0.754. The van der Waals surface area contributed by atoms with Gasteiger partial charge in [-0.2, -0.15) is 0 Å². The maximum atomic E-state index is 10.9. The van der Waals surface area contributed by atoms with Crippen molar-refractivity contribution >= 4 is 0 Å². The molecule has 2 saturated carbocycles. The molecule has 3 heteroatoms. The lowest BCUT2D eigenvalue weighted by molar-refractivity contribution is -0.150. The van der Waals surface area contributed by atoms with Crippen molar-refractivity contribution in [3.63, 3.8) is 0 Å². The van der Waals surface area contributed by atoms with E-state index in [9.17, 15) is 5.11 Å². The highest BCUT2D eigenvalue weighted by Crippen LogP contribution is 2.47. The minimum atomic E-state index is -0.449. The number of ether oxygens (including phenoxy) is 1. The Morgan fingerprint density at radius 3 is 2.33 bits per heavy atom. The summed E-state index contributed by atoms with van der Waals surface area (Å²) in [5, 5.41) is 10.9. The van der Waals surface area contributed by atoms with Crippen molar-refractivity contribution in [1.29, 1.82) is 0 Å². The molecule has 1 spiro atoms. The summed E-state index contributed by atoms with van der Waals surface area (Å²) in [6.07, 6.45) is 10.9. The summed E-state index contributed by atoms with van der Waals surface area (Å²) in [4.78, 5) is 0. The average Bonchev–Trinajstić information content (AvgIpc) is 2.81. The minimum absolute atomic E-state index is 0.123. The van der Waals surface area contributed by atoms with Crippen molar-refractivity contribution in [1.82, 2.24) is 0 Å². The van der Waals surface area contributed by atoms with Crippen LogP contribution in [0.4, 0.5) is 0 Å². The van der Waals surface area contributed by atoms with Crippen LogP contribution in [0, 0.1) is 5.92 Å². The van der Waals surface area contributed by atoms with Gasteiger partial charge in [0.2, 0.25) is 0 Å². The van der Waals surface area contributed by atoms with Crippen LogP contribution >= 0.6 is 0 Å². The van der Waals surface area contributed by atoms with Gasteiger partial charge in [-0.05, 0) is 57.3 Å². The molecule has 0 aromatic heterocycles. The van der Waals surface area contributed by atoms with Gasteiger partial charge in [0.05, 0.1) is 11.2 Å². The third kappa shape index (κ3) is 2.33. The van der Waals surface area contributed by atoms with Gasteiger partial charge in [0.25, 0.3) is 0 Å². The van der Waals surface area contributed by atoms with Crippen LogP contribution in [0.25, 0.3) is 0 Å². The molecule has 3 rings (SSSR count). The summed E-state index contributed by atoms with van der Waals surface area (Å²) in [6.45, 7) is 0.846. The lowest BCUT2D eigenvalue weighted by atomic mass is 9.68. The van der Waals surface area contributed by atoms with Crippen LogP contribution in [0.15, 0.2) is 0 Å². The molecule has 1 heterocycles. The Morgan fingerprint density at radius 2 is 1.67 bits per heavy atom. The Bertz CT molecular complexity index is 291. The highest BCUT2D eigenvalue weighted by Gasteiger charge is 2.47. The van der Waals surface area contributed by atoms with Crippen LogP contribution in [0.5, 0.6) is 0 Å². The fraction of sp³-hybridized carbons (Fsp3) is 1.00. The summed E-state index contributed by atoms with van der Waals surface area (Å²) in [5.74, 6) is 0.442. The molecular formula is C15H27NO2. The molecule has 0 radical (unpaired) electrons. The maximum absolute atomic E-state index is 10.9. The van der Waals surface area contributed by atoms with E-state index in [1.54, 1.807) is 0 Å². The van der Waals surface area contributed by atoms with Gasteiger partial charge in [-0.15, -0.1) is 0 Å². The van der Waals surface area contributed by atoms with Crippen LogP contribution < -0.4 is 5.73 Å². The predicted molar refractivity (Wildman–Crippen MR) is 71.3 cm³/mol. The second-order valence-corrected chi connectivity index (χ2v) is 6.87. The maximum Gasteiger partial charge on any atom is 0.0686 e. The molecule has 0 bridgehead atoms. The SMILES string of the molecule is NC1CCC(O)(C2CCOC3(CCCC3)C2)CC1. The zero-order valence-corrected chi connectivity index (χ0v) is 11.4. The molecule has 104 valence electrons. The van der Waals surface area contributed by atoms with Crippen molar-refractivity contribution in [2.75, 3.05) is 6.61 Å². The van der Waals surface area contributed by atoms with E-state index in [1.165, 1.54) is 25.7 Å². The van der Waals surface area contributed by atoms with Crippen molar-refractivity contribution in [2.24, 2.45) is 11.7 Å². The first kappa shape index (κ1) is 12.9. The molecule has 3 nitrogen and oxygen atoms in total. The molecular weight excluding hydrogens is 226 g/mol. The van der Waals surface area contributed by atoms with Crippen molar-refractivity contribution in [2.45, 2.75) is 81.5 Å². The third-order valence-corrected chi connectivity index (χ3v) is 5.66. The first-order valence-corrected chi connectivity index (χ1v) is 7.74. The van der Waals surface area contributed by atoms with E-state index >= 15 is 0 Å². The van der Waals surface area contributed by atoms with Crippen LogP contribution in [0.2, 0.25) is 0 Å². The number of aliphatic hydroxyl groups is 1. The Morgan fingerprint density at radius 1 is 1.00 bits per heavy atom. The van der Waals surface area contributed by atoms with Crippen molar-refractivity contribution in [3.8, 4) is 0 Å². The van der Waals surface area contributed by atoms with Crippen LogP contribution in [0.1, 0.15) is 64.2 Å². The van der Waals surface area contributed by atoms with Gasteiger partial charge in [0.15, 0.2) is 0 Å². The fourth-order valence-electron chi connectivity index (χ4n) is 4.40. The lowest BCUT2D eigenvalue weighted by Gasteiger charge is -2.47.